The maximum Gasteiger partial charge on any atom is 0.272 e. The van der Waals surface area contributed by atoms with E-state index in [0.29, 0.717) is 18.0 Å². The molecule has 7 heteroatoms. The largest absolute Gasteiger partial charge is 0.389 e. The Labute approximate surface area is 129 Å². The quantitative estimate of drug-likeness (QED) is 0.750. The highest BCUT2D eigenvalue weighted by Crippen LogP contribution is 2.03. The predicted molar refractivity (Wildman–Crippen MR) is 84.9 cm³/mol. The SMILES string of the molecule is CC(C)CNC(=O)CN(C)C(=O)c1ccc(C(N)=S)cn1. The Hall–Kier alpha value is -2.02. The molecule has 0 saturated heterocycles. The Morgan fingerprint density at radius 2 is 2.10 bits per heavy atom. The van der Waals surface area contributed by atoms with Gasteiger partial charge in [0.05, 0.1) is 6.54 Å². The summed E-state index contributed by atoms with van der Waals surface area (Å²) in [6.45, 7) is 4.58. The van der Waals surface area contributed by atoms with Crippen LogP contribution in [0.15, 0.2) is 18.3 Å². The van der Waals surface area contributed by atoms with Gasteiger partial charge in [0.25, 0.3) is 5.91 Å². The minimum atomic E-state index is -0.329. The van der Waals surface area contributed by atoms with Crippen LogP contribution in [0.2, 0.25) is 0 Å². The molecule has 0 saturated carbocycles. The number of thiocarbonyl (C=S) groups is 1. The topological polar surface area (TPSA) is 88.3 Å². The Bertz CT molecular complexity index is 528. The third-order valence-electron chi connectivity index (χ3n) is 2.70. The molecule has 0 spiro atoms. The maximum atomic E-state index is 12.1. The third kappa shape index (κ3) is 5.47. The number of likely N-dealkylation sites (N-methyl/N-ethyl adjacent to an activating group) is 1. The first-order valence-corrected chi connectivity index (χ1v) is 7.00. The average molecular weight is 308 g/mol. The van der Waals surface area contributed by atoms with E-state index >= 15 is 0 Å². The minimum Gasteiger partial charge on any atom is -0.389 e. The van der Waals surface area contributed by atoms with E-state index in [9.17, 15) is 9.59 Å². The van der Waals surface area contributed by atoms with Crippen LogP contribution in [0.25, 0.3) is 0 Å². The molecule has 0 unspecified atom stereocenters. The van der Waals surface area contributed by atoms with Gasteiger partial charge in [0.2, 0.25) is 5.91 Å². The van der Waals surface area contributed by atoms with Gasteiger partial charge in [-0.2, -0.15) is 0 Å². The van der Waals surface area contributed by atoms with Gasteiger partial charge in [0.1, 0.15) is 10.7 Å². The van der Waals surface area contributed by atoms with Crippen LogP contribution in [0.5, 0.6) is 0 Å². The number of nitrogens with two attached hydrogens (primary N) is 1. The Morgan fingerprint density at radius 1 is 1.43 bits per heavy atom. The number of hydrogen-bond donors (Lipinski definition) is 2. The van der Waals surface area contributed by atoms with E-state index in [4.69, 9.17) is 18.0 Å². The van der Waals surface area contributed by atoms with Crippen LogP contribution in [0, 0.1) is 5.92 Å². The number of rotatable bonds is 6. The lowest BCUT2D eigenvalue weighted by molar-refractivity contribution is -0.121. The molecule has 2 amide bonds. The van der Waals surface area contributed by atoms with Crippen LogP contribution >= 0.6 is 12.2 Å². The van der Waals surface area contributed by atoms with E-state index in [2.05, 4.69) is 10.3 Å². The van der Waals surface area contributed by atoms with Gasteiger partial charge >= 0.3 is 0 Å². The summed E-state index contributed by atoms with van der Waals surface area (Å²) in [5.41, 5.74) is 6.31. The molecule has 1 rings (SSSR count). The van der Waals surface area contributed by atoms with Gasteiger partial charge < -0.3 is 16.0 Å². The fourth-order valence-corrected chi connectivity index (χ4v) is 1.64. The zero-order valence-electron chi connectivity index (χ0n) is 12.4. The standard InChI is InChI=1S/C14H20N4O2S/c1-9(2)6-17-12(19)8-18(3)14(20)11-5-4-10(7-16-11)13(15)21/h4-5,7,9H,6,8H2,1-3H3,(H2,15,21)(H,17,19). The van der Waals surface area contributed by atoms with Crippen LogP contribution in [-0.2, 0) is 4.79 Å². The van der Waals surface area contributed by atoms with Crippen LogP contribution in [0.4, 0.5) is 0 Å². The molecule has 1 heterocycles. The van der Waals surface area contributed by atoms with Crippen molar-refractivity contribution in [3.05, 3.63) is 29.6 Å². The highest BCUT2D eigenvalue weighted by molar-refractivity contribution is 7.80. The summed E-state index contributed by atoms with van der Waals surface area (Å²) in [6.07, 6.45) is 1.45. The highest BCUT2D eigenvalue weighted by Gasteiger charge is 2.16. The van der Waals surface area contributed by atoms with Crippen LogP contribution in [-0.4, -0.2) is 46.8 Å². The summed E-state index contributed by atoms with van der Waals surface area (Å²) < 4.78 is 0. The van der Waals surface area contributed by atoms with Crippen molar-refractivity contribution in [1.29, 1.82) is 0 Å². The number of nitrogens with zero attached hydrogens (tertiary/aromatic N) is 2. The molecule has 0 aliphatic carbocycles. The van der Waals surface area contributed by atoms with Gasteiger partial charge in [0, 0.05) is 25.4 Å². The zero-order chi connectivity index (χ0) is 16.0. The van der Waals surface area contributed by atoms with Gasteiger partial charge in [-0.3, -0.25) is 14.6 Å². The van der Waals surface area contributed by atoms with Crippen molar-refractivity contribution >= 4 is 29.0 Å². The first-order chi connectivity index (χ1) is 9.81. The molecule has 0 bridgehead atoms. The lowest BCUT2D eigenvalue weighted by Crippen LogP contribution is -2.39. The van der Waals surface area contributed by atoms with E-state index in [-0.39, 0.29) is 29.0 Å². The lowest BCUT2D eigenvalue weighted by Gasteiger charge is -2.17. The highest BCUT2D eigenvalue weighted by atomic mass is 32.1. The van der Waals surface area contributed by atoms with Crippen LogP contribution < -0.4 is 11.1 Å². The smallest absolute Gasteiger partial charge is 0.272 e. The van der Waals surface area contributed by atoms with Gasteiger partial charge in [-0.05, 0) is 18.1 Å². The molecule has 21 heavy (non-hydrogen) atoms. The normalized spacial score (nSPS) is 10.3. The number of carbonyl (C=O) groups is 2. The molecule has 3 N–H and O–H groups in total. The second kappa shape index (κ2) is 7.68. The Morgan fingerprint density at radius 3 is 2.57 bits per heavy atom. The first-order valence-electron chi connectivity index (χ1n) is 6.59. The predicted octanol–water partition coefficient (Wildman–Crippen LogP) is 0.560. The fourth-order valence-electron chi connectivity index (χ4n) is 1.52. The third-order valence-corrected chi connectivity index (χ3v) is 2.94. The average Bonchev–Trinajstić information content (AvgIpc) is 2.44. The number of carbonyl (C=O) groups excluding carboxylic acids is 2. The van der Waals surface area contributed by atoms with Gasteiger partial charge in [-0.15, -0.1) is 0 Å². The molecule has 0 aromatic carbocycles. The first kappa shape index (κ1) is 17.0. The van der Waals surface area contributed by atoms with Crippen molar-refractivity contribution in [2.75, 3.05) is 20.1 Å². The van der Waals surface area contributed by atoms with E-state index < -0.39 is 0 Å². The summed E-state index contributed by atoms with van der Waals surface area (Å²) in [4.78, 5) is 29.4. The van der Waals surface area contributed by atoms with Crippen molar-refractivity contribution in [3.63, 3.8) is 0 Å². The zero-order valence-corrected chi connectivity index (χ0v) is 13.2. The summed E-state index contributed by atoms with van der Waals surface area (Å²) in [7, 11) is 1.56. The number of hydrogen-bond acceptors (Lipinski definition) is 4. The fraction of sp³-hybridized carbons (Fsp3) is 0.429. The molecule has 0 fully saturated rings. The number of amides is 2. The van der Waals surface area contributed by atoms with Crippen molar-refractivity contribution in [3.8, 4) is 0 Å². The van der Waals surface area contributed by atoms with Crippen molar-refractivity contribution in [2.24, 2.45) is 11.7 Å². The monoisotopic (exact) mass is 308 g/mol. The maximum absolute atomic E-state index is 12.1. The molecule has 0 radical (unpaired) electrons. The van der Waals surface area contributed by atoms with Gasteiger partial charge in [0.15, 0.2) is 0 Å². The molecule has 6 nitrogen and oxygen atoms in total. The van der Waals surface area contributed by atoms with E-state index in [0.717, 1.165) is 0 Å². The summed E-state index contributed by atoms with van der Waals surface area (Å²) >= 11 is 4.82. The molecular weight excluding hydrogens is 288 g/mol. The summed E-state index contributed by atoms with van der Waals surface area (Å²) in [6, 6.07) is 3.18. The molecule has 0 atom stereocenters. The van der Waals surface area contributed by atoms with Gasteiger partial charge in [-0.1, -0.05) is 26.1 Å². The number of aromatic nitrogens is 1. The van der Waals surface area contributed by atoms with Crippen LogP contribution in [0.1, 0.15) is 29.9 Å². The van der Waals surface area contributed by atoms with E-state index in [1.807, 2.05) is 13.8 Å². The molecular formula is C14H20N4O2S. The lowest BCUT2D eigenvalue weighted by atomic mass is 10.2. The Balaban J connectivity index is 2.61. The molecule has 0 aliphatic heterocycles. The summed E-state index contributed by atoms with van der Waals surface area (Å²) in [5, 5.41) is 2.76. The van der Waals surface area contributed by atoms with Gasteiger partial charge in [-0.25, -0.2) is 0 Å². The van der Waals surface area contributed by atoms with Crippen molar-refractivity contribution in [1.82, 2.24) is 15.2 Å². The molecule has 114 valence electrons. The minimum absolute atomic E-state index is 0.00964. The second-order valence-corrected chi connectivity index (χ2v) is 5.60. The van der Waals surface area contributed by atoms with E-state index in [1.165, 1.54) is 11.1 Å². The molecule has 1 aromatic rings. The number of nitrogens with one attached hydrogen (secondary N) is 1. The van der Waals surface area contributed by atoms with Crippen molar-refractivity contribution in [2.45, 2.75) is 13.8 Å². The molecule has 1 aromatic heterocycles. The molecule has 0 aliphatic rings. The second-order valence-electron chi connectivity index (χ2n) is 5.16. The summed E-state index contributed by atoms with van der Waals surface area (Å²) in [5.74, 6) is -0.159. The van der Waals surface area contributed by atoms with E-state index in [1.54, 1.807) is 19.2 Å². The van der Waals surface area contributed by atoms with Crippen molar-refractivity contribution < 1.29 is 9.59 Å². The number of pyridine rings is 1. The van der Waals surface area contributed by atoms with Crippen LogP contribution in [0.3, 0.4) is 0 Å². The Kier molecular flexibility index (Phi) is 6.23.